The van der Waals surface area contributed by atoms with E-state index in [1.54, 1.807) is 24.3 Å². The molecule has 1 saturated heterocycles. The van der Waals surface area contributed by atoms with Crippen LogP contribution in [0.25, 0.3) is 0 Å². The molecular formula is C16H15ClN2O3. The average molecular weight is 319 g/mol. The Bertz CT molecular complexity index is 662. The number of hydrazine groups is 1. The molecule has 2 aliphatic carbocycles. The number of amides is 3. The molecule has 0 aromatic heterocycles. The van der Waals surface area contributed by atoms with Crippen LogP contribution in [0.4, 0.5) is 0 Å². The number of hydrogen-bond donors (Lipinski definition) is 1. The summed E-state index contributed by atoms with van der Waals surface area (Å²) in [4.78, 5) is 37.3. The Morgan fingerprint density at radius 3 is 2.27 bits per heavy atom. The minimum absolute atomic E-state index is 0.238. The first-order chi connectivity index (χ1) is 10.6. The number of carbonyl (C=O) groups excluding carboxylic acids is 3. The van der Waals surface area contributed by atoms with E-state index in [-0.39, 0.29) is 29.2 Å². The Hall–Kier alpha value is -1.88. The number of rotatable bonds is 2. The molecular weight excluding hydrogens is 304 g/mol. The highest BCUT2D eigenvalue weighted by Crippen LogP contribution is 2.55. The van der Waals surface area contributed by atoms with E-state index in [0.717, 1.165) is 24.3 Å². The topological polar surface area (TPSA) is 66.5 Å². The van der Waals surface area contributed by atoms with E-state index < -0.39 is 5.91 Å². The van der Waals surface area contributed by atoms with Crippen LogP contribution in [0.2, 0.25) is 5.02 Å². The van der Waals surface area contributed by atoms with Crippen LogP contribution in [0.15, 0.2) is 24.3 Å². The molecule has 1 aromatic carbocycles. The first kappa shape index (κ1) is 13.8. The predicted molar refractivity (Wildman–Crippen MR) is 78.6 cm³/mol. The number of nitrogens with one attached hydrogen (secondary N) is 1. The molecule has 1 aromatic rings. The van der Waals surface area contributed by atoms with Crippen molar-refractivity contribution in [2.75, 3.05) is 0 Å². The van der Waals surface area contributed by atoms with E-state index in [4.69, 9.17) is 11.6 Å². The van der Waals surface area contributed by atoms with E-state index in [9.17, 15) is 14.4 Å². The third kappa shape index (κ3) is 1.81. The van der Waals surface area contributed by atoms with Gasteiger partial charge in [0.25, 0.3) is 17.7 Å². The summed E-state index contributed by atoms with van der Waals surface area (Å²) in [5, 5.41) is 1.21. The highest BCUT2D eigenvalue weighted by Gasteiger charge is 2.61. The van der Waals surface area contributed by atoms with Crippen LogP contribution in [0, 0.1) is 23.7 Å². The van der Waals surface area contributed by atoms with Gasteiger partial charge >= 0.3 is 0 Å². The summed E-state index contributed by atoms with van der Waals surface area (Å²) in [5.74, 6) is -0.928. The number of nitrogens with zero attached hydrogens (tertiary/aromatic N) is 1. The fourth-order valence-electron chi connectivity index (χ4n) is 4.33. The fraction of sp³-hybridized carbons (Fsp3) is 0.438. The van der Waals surface area contributed by atoms with Crippen molar-refractivity contribution in [2.45, 2.75) is 19.3 Å². The molecule has 3 aliphatic rings. The van der Waals surface area contributed by atoms with Crippen LogP contribution in [0.1, 0.15) is 29.6 Å². The Kier molecular flexibility index (Phi) is 3.01. The molecule has 0 unspecified atom stereocenters. The lowest BCUT2D eigenvalue weighted by molar-refractivity contribution is -0.143. The van der Waals surface area contributed by atoms with E-state index in [0.29, 0.717) is 16.9 Å². The Labute approximate surface area is 132 Å². The van der Waals surface area contributed by atoms with Gasteiger partial charge in [-0.3, -0.25) is 19.8 Å². The number of hydrogen-bond acceptors (Lipinski definition) is 3. The average Bonchev–Trinajstić information content (AvgIpc) is 3.17. The van der Waals surface area contributed by atoms with Crippen molar-refractivity contribution in [3.63, 3.8) is 0 Å². The lowest BCUT2D eigenvalue weighted by Crippen LogP contribution is -2.47. The molecule has 2 bridgehead atoms. The second-order valence-electron chi connectivity index (χ2n) is 6.32. The number of fused-ring (bicyclic) bond motifs is 5. The molecule has 6 heteroatoms. The summed E-state index contributed by atoms with van der Waals surface area (Å²) < 4.78 is 0. The number of imide groups is 1. The first-order valence-corrected chi connectivity index (χ1v) is 7.89. The Morgan fingerprint density at radius 1 is 1.09 bits per heavy atom. The van der Waals surface area contributed by atoms with Gasteiger partial charge in [0.2, 0.25) is 0 Å². The molecule has 4 atom stereocenters. The second-order valence-corrected chi connectivity index (χ2v) is 6.72. The minimum atomic E-state index is -0.528. The van der Waals surface area contributed by atoms with E-state index in [2.05, 4.69) is 5.43 Å². The zero-order chi connectivity index (χ0) is 15.4. The molecule has 5 nitrogen and oxygen atoms in total. The normalized spacial score (nSPS) is 32.5. The van der Waals surface area contributed by atoms with Gasteiger partial charge in [-0.25, -0.2) is 0 Å². The van der Waals surface area contributed by atoms with Gasteiger partial charge in [-0.05, 0) is 43.2 Å². The van der Waals surface area contributed by atoms with Crippen molar-refractivity contribution in [2.24, 2.45) is 23.7 Å². The van der Waals surface area contributed by atoms with Crippen molar-refractivity contribution in [3.05, 3.63) is 34.9 Å². The largest absolute Gasteiger partial charge is 0.272 e. The molecule has 1 aliphatic heterocycles. The van der Waals surface area contributed by atoms with E-state index >= 15 is 0 Å². The number of halogens is 1. The van der Waals surface area contributed by atoms with E-state index in [1.807, 2.05) is 0 Å². The summed E-state index contributed by atoms with van der Waals surface area (Å²) in [5.41, 5.74) is 2.70. The smallest absolute Gasteiger partial charge is 0.271 e. The van der Waals surface area contributed by atoms with Crippen molar-refractivity contribution in [1.29, 1.82) is 0 Å². The zero-order valence-electron chi connectivity index (χ0n) is 11.8. The number of carbonyl (C=O) groups is 3. The maximum absolute atomic E-state index is 12.5. The standard InChI is InChI=1S/C16H15ClN2O3/c17-11-4-2-1-3-10(11)14(20)18-19-15(21)12-8-5-6-9(7-8)13(12)16(19)22/h1-4,8-9,12-13H,5-7H2,(H,18,20)/t8-,9-,12+,13+/m1/s1. The van der Waals surface area contributed by atoms with Gasteiger partial charge in [0.1, 0.15) is 0 Å². The van der Waals surface area contributed by atoms with Crippen LogP contribution >= 0.6 is 11.6 Å². The van der Waals surface area contributed by atoms with Crippen molar-refractivity contribution in [1.82, 2.24) is 10.4 Å². The predicted octanol–water partition coefficient (Wildman–Crippen LogP) is 2.02. The Morgan fingerprint density at radius 2 is 1.68 bits per heavy atom. The van der Waals surface area contributed by atoms with Crippen molar-refractivity contribution in [3.8, 4) is 0 Å². The van der Waals surface area contributed by atoms with Crippen molar-refractivity contribution < 1.29 is 14.4 Å². The van der Waals surface area contributed by atoms with Gasteiger partial charge in [-0.1, -0.05) is 23.7 Å². The van der Waals surface area contributed by atoms with Gasteiger partial charge in [0, 0.05) is 0 Å². The molecule has 22 heavy (non-hydrogen) atoms. The maximum atomic E-state index is 12.5. The zero-order valence-corrected chi connectivity index (χ0v) is 12.5. The molecule has 1 heterocycles. The van der Waals surface area contributed by atoms with Gasteiger partial charge in [0.05, 0.1) is 22.4 Å². The van der Waals surface area contributed by atoms with Gasteiger partial charge in [-0.15, -0.1) is 0 Å². The maximum Gasteiger partial charge on any atom is 0.271 e. The summed E-state index contributed by atoms with van der Waals surface area (Å²) in [6, 6.07) is 6.56. The van der Waals surface area contributed by atoms with Crippen molar-refractivity contribution >= 4 is 29.3 Å². The highest BCUT2D eigenvalue weighted by molar-refractivity contribution is 6.33. The molecule has 0 radical (unpaired) electrons. The Balaban J connectivity index is 1.57. The second kappa shape index (κ2) is 4.81. The van der Waals surface area contributed by atoms with Gasteiger partial charge < -0.3 is 0 Å². The van der Waals surface area contributed by atoms with Gasteiger partial charge in [-0.2, -0.15) is 5.01 Å². The quantitative estimate of drug-likeness (QED) is 0.848. The SMILES string of the molecule is O=C(NN1C(=O)[C@H]2[C@@H]3CC[C@H](C3)[C@@H]2C1=O)c1ccccc1Cl. The summed E-state index contributed by atoms with van der Waals surface area (Å²) in [6.07, 6.45) is 2.99. The molecule has 0 spiro atoms. The summed E-state index contributed by atoms with van der Waals surface area (Å²) >= 11 is 5.98. The van der Waals surface area contributed by atoms with Crippen LogP contribution in [-0.4, -0.2) is 22.7 Å². The third-order valence-electron chi connectivity index (χ3n) is 5.26. The highest BCUT2D eigenvalue weighted by atomic mass is 35.5. The first-order valence-electron chi connectivity index (χ1n) is 7.51. The number of benzene rings is 1. The van der Waals surface area contributed by atoms with Crippen LogP contribution < -0.4 is 5.43 Å². The van der Waals surface area contributed by atoms with Crippen LogP contribution in [-0.2, 0) is 9.59 Å². The van der Waals surface area contributed by atoms with E-state index in [1.165, 1.54) is 0 Å². The van der Waals surface area contributed by atoms with Crippen LogP contribution in [0.3, 0.4) is 0 Å². The third-order valence-corrected chi connectivity index (χ3v) is 5.59. The monoisotopic (exact) mass is 318 g/mol. The molecule has 3 fully saturated rings. The van der Waals surface area contributed by atoms with Gasteiger partial charge in [0.15, 0.2) is 0 Å². The molecule has 114 valence electrons. The summed E-state index contributed by atoms with van der Waals surface area (Å²) in [6.45, 7) is 0. The molecule has 1 N–H and O–H groups in total. The lowest BCUT2D eigenvalue weighted by atomic mass is 9.81. The lowest BCUT2D eigenvalue weighted by Gasteiger charge is -2.19. The minimum Gasteiger partial charge on any atom is -0.272 e. The van der Waals surface area contributed by atoms with Crippen LogP contribution in [0.5, 0.6) is 0 Å². The summed E-state index contributed by atoms with van der Waals surface area (Å²) in [7, 11) is 0. The molecule has 2 saturated carbocycles. The molecule has 4 rings (SSSR count). The fourth-order valence-corrected chi connectivity index (χ4v) is 4.55. The molecule has 3 amide bonds.